The summed E-state index contributed by atoms with van der Waals surface area (Å²) in [5, 5.41) is 9.14. The molecule has 4 nitrogen and oxygen atoms in total. The predicted molar refractivity (Wildman–Crippen MR) is 93.6 cm³/mol. The van der Waals surface area contributed by atoms with E-state index in [1.54, 1.807) is 0 Å². The van der Waals surface area contributed by atoms with E-state index in [2.05, 4.69) is 34.7 Å². The topological polar surface area (TPSA) is 54.0 Å². The molecular weight excluding hydrogens is 306 g/mol. The van der Waals surface area contributed by atoms with Crippen LogP contribution >= 0.6 is 11.3 Å². The van der Waals surface area contributed by atoms with Gasteiger partial charge in [0.1, 0.15) is 0 Å². The third kappa shape index (κ3) is 2.79. The lowest BCUT2D eigenvalue weighted by atomic mass is 9.92. The van der Waals surface area contributed by atoms with Crippen LogP contribution in [0.15, 0.2) is 29.6 Å². The number of carbonyl (C=O) groups is 1. The van der Waals surface area contributed by atoms with Crippen molar-refractivity contribution in [3.05, 3.63) is 35.2 Å². The molecule has 23 heavy (non-hydrogen) atoms. The van der Waals surface area contributed by atoms with E-state index in [-0.39, 0.29) is 17.2 Å². The van der Waals surface area contributed by atoms with Crippen LogP contribution in [-0.2, 0) is 4.79 Å². The molecule has 2 N–H and O–H groups in total. The molecule has 5 heteroatoms. The number of thiazole rings is 1. The van der Waals surface area contributed by atoms with Gasteiger partial charge in [-0.1, -0.05) is 24.3 Å². The minimum Gasteiger partial charge on any atom is -0.317 e. The third-order valence-corrected chi connectivity index (χ3v) is 6.02. The number of piperidine rings is 1. The quantitative estimate of drug-likeness (QED) is 0.908. The molecule has 1 atom stereocenters. The zero-order valence-electron chi connectivity index (χ0n) is 13.3. The van der Waals surface area contributed by atoms with Crippen molar-refractivity contribution in [3.8, 4) is 11.3 Å². The van der Waals surface area contributed by atoms with Gasteiger partial charge in [0.15, 0.2) is 5.13 Å². The van der Waals surface area contributed by atoms with Gasteiger partial charge in [-0.25, -0.2) is 4.98 Å². The standard InChI is InChI=1S/C18H21N3OS/c1-12-4-2-3-5-13(12)15-11-23-17(20-15)21-16(22)14-10-18(14)6-8-19-9-7-18/h2-5,11,14,19H,6-10H2,1H3,(H,20,21,22). The Morgan fingerprint density at radius 1 is 1.35 bits per heavy atom. The molecule has 2 heterocycles. The first-order valence-corrected chi connectivity index (χ1v) is 9.09. The van der Waals surface area contributed by atoms with E-state index in [4.69, 9.17) is 0 Å². The van der Waals surface area contributed by atoms with Crippen LogP contribution in [0.5, 0.6) is 0 Å². The van der Waals surface area contributed by atoms with Crippen molar-refractivity contribution < 1.29 is 4.79 Å². The van der Waals surface area contributed by atoms with E-state index in [0.717, 1.165) is 43.6 Å². The Labute approximate surface area is 140 Å². The SMILES string of the molecule is Cc1ccccc1-c1csc(NC(=O)C2CC23CCNCC3)n1. The molecule has 2 fully saturated rings. The predicted octanol–water partition coefficient (Wildman–Crippen LogP) is 3.45. The summed E-state index contributed by atoms with van der Waals surface area (Å²) in [6.07, 6.45) is 3.28. The molecule has 1 aliphatic carbocycles. The average Bonchev–Trinajstić information content (AvgIpc) is 3.04. The van der Waals surface area contributed by atoms with Gasteiger partial charge >= 0.3 is 0 Å². The van der Waals surface area contributed by atoms with Crippen molar-refractivity contribution in [1.82, 2.24) is 10.3 Å². The fraction of sp³-hybridized carbons (Fsp3) is 0.444. The number of aryl methyl sites for hydroxylation is 1. The van der Waals surface area contributed by atoms with Crippen LogP contribution in [0.2, 0.25) is 0 Å². The molecule has 1 spiro atoms. The van der Waals surface area contributed by atoms with Crippen molar-refractivity contribution in [2.45, 2.75) is 26.2 Å². The highest BCUT2D eigenvalue weighted by atomic mass is 32.1. The largest absolute Gasteiger partial charge is 0.317 e. The Kier molecular flexibility index (Phi) is 3.70. The minimum absolute atomic E-state index is 0.151. The van der Waals surface area contributed by atoms with Crippen molar-refractivity contribution in [1.29, 1.82) is 0 Å². The summed E-state index contributed by atoms with van der Waals surface area (Å²) in [7, 11) is 0. The van der Waals surface area contributed by atoms with E-state index in [9.17, 15) is 4.79 Å². The van der Waals surface area contributed by atoms with Gasteiger partial charge in [0, 0.05) is 16.9 Å². The lowest BCUT2D eigenvalue weighted by Crippen LogP contribution is -2.31. The Balaban J connectivity index is 1.44. The normalized spacial score (nSPS) is 22.0. The molecule has 0 radical (unpaired) electrons. The lowest BCUT2D eigenvalue weighted by Gasteiger charge is -2.22. The maximum Gasteiger partial charge on any atom is 0.229 e. The van der Waals surface area contributed by atoms with Crippen molar-refractivity contribution in [2.24, 2.45) is 11.3 Å². The van der Waals surface area contributed by atoms with Crippen LogP contribution in [0.25, 0.3) is 11.3 Å². The first kappa shape index (κ1) is 14.8. The number of hydrogen-bond acceptors (Lipinski definition) is 4. The zero-order chi connectivity index (χ0) is 15.9. The summed E-state index contributed by atoms with van der Waals surface area (Å²) in [4.78, 5) is 17.1. The molecule has 120 valence electrons. The number of rotatable bonds is 3. The molecule has 1 saturated carbocycles. The van der Waals surface area contributed by atoms with E-state index < -0.39 is 0 Å². The second kappa shape index (κ2) is 5.73. The number of nitrogens with zero attached hydrogens (tertiary/aromatic N) is 1. The highest BCUT2D eigenvalue weighted by Gasteiger charge is 2.57. The molecule has 0 bridgehead atoms. The van der Waals surface area contributed by atoms with E-state index in [1.807, 2.05) is 17.5 Å². The summed E-state index contributed by atoms with van der Waals surface area (Å²) < 4.78 is 0. The first-order valence-electron chi connectivity index (χ1n) is 8.21. The second-order valence-corrected chi connectivity index (χ2v) is 7.57. The molecule has 1 amide bonds. The Bertz CT molecular complexity index is 733. The summed E-state index contributed by atoms with van der Waals surface area (Å²) in [5.74, 6) is 0.327. The molecule has 4 rings (SSSR count). The van der Waals surface area contributed by atoms with Gasteiger partial charge in [-0.3, -0.25) is 4.79 Å². The first-order chi connectivity index (χ1) is 11.2. The van der Waals surface area contributed by atoms with E-state index in [0.29, 0.717) is 5.13 Å². The smallest absolute Gasteiger partial charge is 0.229 e. The van der Waals surface area contributed by atoms with Gasteiger partial charge in [0.05, 0.1) is 5.69 Å². The lowest BCUT2D eigenvalue weighted by molar-refractivity contribution is -0.118. The van der Waals surface area contributed by atoms with E-state index in [1.165, 1.54) is 16.9 Å². The molecule has 2 aromatic rings. The fourth-order valence-corrected chi connectivity index (χ4v) is 4.42. The van der Waals surface area contributed by atoms with Gasteiger partial charge in [0.2, 0.25) is 5.91 Å². The van der Waals surface area contributed by atoms with Crippen molar-refractivity contribution in [3.63, 3.8) is 0 Å². The molecule has 1 aromatic heterocycles. The van der Waals surface area contributed by atoms with Crippen LogP contribution in [-0.4, -0.2) is 24.0 Å². The number of aromatic nitrogens is 1. The number of nitrogens with one attached hydrogen (secondary N) is 2. The summed E-state index contributed by atoms with van der Waals surface area (Å²) >= 11 is 1.51. The van der Waals surface area contributed by atoms with Crippen molar-refractivity contribution >= 4 is 22.4 Å². The summed E-state index contributed by atoms with van der Waals surface area (Å²) in [5.41, 5.74) is 3.54. The molecular formula is C18H21N3OS. The molecule has 2 aliphatic rings. The van der Waals surface area contributed by atoms with Gasteiger partial charge in [-0.15, -0.1) is 11.3 Å². The van der Waals surface area contributed by atoms with Crippen LogP contribution in [0.3, 0.4) is 0 Å². The van der Waals surface area contributed by atoms with Gasteiger partial charge in [0.25, 0.3) is 0 Å². The minimum atomic E-state index is 0.151. The highest BCUT2D eigenvalue weighted by Crippen LogP contribution is 2.58. The number of anilines is 1. The molecule has 1 unspecified atom stereocenters. The Morgan fingerprint density at radius 3 is 2.91 bits per heavy atom. The maximum atomic E-state index is 12.5. The average molecular weight is 327 g/mol. The third-order valence-electron chi connectivity index (χ3n) is 5.26. The molecule has 1 aromatic carbocycles. The molecule has 1 aliphatic heterocycles. The Morgan fingerprint density at radius 2 is 2.13 bits per heavy atom. The second-order valence-electron chi connectivity index (χ2n) is 6.71. The number of benzene rings is 1. The number of hydrogen-bond donors (Lipinski definition) is 2. The van der Waals surface area contributed by atoms with Gasteiger partial charge < -0.3 is 10.6 Å². The van der Waals surface area contributed by atoms with E-state index >= 15 is 0 Å². The highest BCUT2D eigenvalue weighted by molar-refractivity contribution is 7.14. The Hall–Kier alpha value is -1.72. The maximum absolute atomic E-state index is 12.5. The van der Waals surface area contributed by atoms with Crippen LogP contribution < -0.4 is 10.6 Å². The van der Waals surface area contributed by atoms with Crippen LogP contribution in [0.4, 0.5) is 5.13 Å². The van der Waals surface area contributed by atoms with Gasteiger partial charge in [-0.2, -0.15) is 0 Å². The monoisotopic (exact) mass is 327 g/mol. The number of amides is 1. The van der Waals surface area contributed by atoms with Gasteiger partial charge in [-0.05, 0) is 50.3 Å². The molecule has 1 saturated heterocycles. The zero-order valence-corrected chi connectivity index (χ0v) is 14.1. The summed E-state index contributed by atoms with van der Waals surface area (Å²) in [6, 6.07) is 8.20. The van der Waals surface area contributed by atoms with Crippen LogP contribution in [0, 0.1) is 18.3 Å². The fourth-order valence-electron chi connectivity index (χ4n) is 3.70. The van der Waals surface area contributed by atoms with Crippen LogP contribution in [0.1, 0.15) is 24.8 Å². The number of carbonyl (C=O) groups excluding carboxylic acids is 1. The van der Waals surface area contributed by atoms with Crippen molar-refractivity contribution in [2.75, 3.05) is 18.4 Å². The summed E-state index contributed by atoms with van der Waals surface area (Å²) in [6.45, 7) is 4.16.